The molecule has 0 aromatic carbocycles. The molecule has 1 aromatic heterocycles. The Hall–Kier alpha value is -1.16. The molecular weight excluding hydrogens is 395 g/mol. The van der Waals surface area contributed by atoms with Crippen LogP contribution in [0.1, 0.15) is 19.3 Å². The van der Waals surface area contributed by atoms with Crippen LogP contribution in [-0.2, 0) is 4.74 Å². The molecule has 0 amide bonds. The van der Waals surface area contributed by atoms with Gasteiger partial charge in [0.1, 0.15) is 5.82 Å². The van der Waals surface area contributed by atoms with E-state index in [9.17, 15) is 0 Å². The number of ether oxygens (including phenoxy) is 1. The van der Waals surface area contributed by atoms with Crippen molar-refractivity contribution in [3.8, 4) is 0 Å². The van der Waals surface area contributed by atoms with E-state index in [-0.39, 0.29) is 24.0 Å². The highest BCUT2D eigenvalue weighted by molar-refractivity contribution is 14.0. The van der Waals surface area contributed by atoms with Gasteiger partial charge < -0.3 is 20.7 Å². The normalized spacial score (nSPS) is 26.4. The van der Waals surface area contributed by atoms with Crippen molar-refractivity contribution in [2.45, 2.75) is 37.5 Å². The van der Waals surface area contributed by atoms with Crippen LogP contribution < -0.4 is 16.0 Å². The Labute approximate surface area is 147 Å². The van der Waals surface area contributed by atoms with E-state index in [1.165, 1.54) is 6.42 Å². The van der Waals surface area contributed by atoms with Gasteiger partial charge in [-0.1, -0.05) is 0 Å². The number of nitrogens with one attached hydrogen (secondary N) is 3. The summed E-state index contributed by atoms with van der Waals surface area (Å²) >= 11 is 0. The third kappa shape index (κ3) is 4.42. The van der Waals surface area contributed by atoms with Crippen molar-refractivity contribution in [2.24, 2.45) is 4.99 Å². The molecule has 22 heavy (non-hydrogen) atoms. The van der Waals surface area contributed by atoms with Crippen LogP contribution in [0.2, 0.25) is 0 Å². The molecule has 0 saturated carbocycles. The predicted molar refractivity (Wildman–Crippen MR) is 96.7 cm³/mol. The first-order valence-corrected chi connectivity index (χ1v) is 7.47. The van der Waals surface area contributed by atoms with Crippen LogP contribution >= 0.6 is 24.0 Å². The van der Waals surface area contributed by atoms with Gasteiger partial charge in [0.2, 0.25) is 0 Å². The highest BCUT2D eigenvalue weighted by Gasteiger charge is 2.40. The molecule has 122 valence electrons. The Morgan fingerprint density at radius 1 is 1.36 bits per heavy atom. The van der Waals surface area contributed by atoms with Crippen molar-refractivity contribution < 1.29 is 4.74 Å². The van der Waals surface area contributed by atoms with Gasteiger partial charge in [0.05, 0.1) is 24.4 Å². The van der Waals surface area contributed by atoms with Gasteiger partial charge in [-0.15, -0.1) is 24.0 Å². The summed E-state index contributed by atoms with van der Waals surface area (Å²) in [6, 6.07) is 0.392. The molecule has 0 spiro atoms. The molecule has 2 aliphatic heterocycles. The first-order valence-electron chi connectivity index (χ1n) is 7.47. The van der Waals surface area contributed by atoms with Gasteiger partial charge >= 0.3 is 0 Å². The quantitative estimate of drug-likeness (QED) is 0.286. The second-order valence-electron chi connectivity index (χ2n) is 5.38. The summed E-state index contributed by atoms with van der Waals surface area (Å²) in [5, 5.41) is 9.95. The average Bonchev–Trinajstić information content (AvgIpc) is 3.14. The third-order valence-corrected chi connectivity index (χ3v) is 3.94. The lowest BCUT2D eigenvalue weighted by Crippen LogP contribution is -2.48. The van der Waals surface area contributed by atoms with E-state index in [0.29, 0.717) is 18.2 Å². The molecule has 8 heteroatoms. The average molecular weight is 418 g/mol. The summed E-state index contributed by atoms with van der Waals surface area (Å²) < 4.78 is 5.84. The zero-order chi connectivity index (χ0) is 14.5. The summed E-state index contributed by atoms with van der Waals surface area (Å²) in [6.07, 6.45) is 9.29. The molecule has 1 aromatic rings. The molecule has 2 fully saturated rings. The van der Waals surface area contributed by atoms with Crippen molar-refractivity contribution in [3.05, 3.63) is 18.6 Å². The number of halogens is 1. The van der Waals surface area contributed by atoms with Crippen LogP contribution in [0.25, 0.3) is 0 Å². The fourth-order valence-corrected chi connectivity index (χ4v) is 2.92. The maximum atomic E-state index is 5.84. The minimum atomic E-state index is 0. The number of rotatable bonds is 5. The minimum Gasteiger partial charge on any atom is -0.373 e. The largest absolute Gasteiger partial charge is 0.373 e. The maximum absolute atomic E-state index is 5.84. The van der Waals surface area contributed by atoms with Crippen molar-refractivity contribution in [2.75, 3.05) is 25.5 Å². The Kier molecular flexibility index (Phi) is 6.62. The van der Waals surface area contributed by atoms with Crippen molar-refractivity contribution >= 4 is 35.8 Å². The summed E-state index contributed by atoms with van der Waals surface area (Å²) in [6.45, 7) is 1.52. The molecule has 2 saturated heterocycles. The van der Waals surface area contributed by atoms with E-state index in [1.807, 2.05) is 0 Å². The first kappa shape index (κ1) is 17.2. The Balaban J connectivity index is 0.00000176. The van der Waals surface area contributed by atoms with E-state index in [1.54, 1.807) is 25.6 Å². The Morgan fingerprint density at radius 3 is 2.91 bits per heavy atom. The Morgan fingerprint density at radius 2 is 2.27 bits per heavy atom. The third-order valence-electron chi connectivity index (χ3n) is 3.94. The fraction of sp³-hybridized carbons (Fsp3) is 0.643. The lowest BCUT2D eigenvalue weighted by atomic mass is 9.96. The van der Waals surface area contributed by atoms with Crippen molar-refractivity contribution in [3.63, 3.8) is 0 Å². The topological polar surface area (TPSA) is 83.5 Å². The van der Waals surface area contributed by atoms with Crippen LogP contribution in [0.3, 0.4) is 0 Å². The zero-order valence-corrected chi connectivity index (χ0v) is 15.0. The monoisotopic (exact) mass is 418 g/mol. The number of hydrogen-bond donors (Lipinski definition) is 3. The predicted octanol–water partition coefficient (Wildman–Crippen LogP) is 0.991. The molecule has 7 nitrogen and oxygen atoms in total. The van der Waals surface area contributed by atoms with E-state index in [4.69, 9.17) is 4.74 Å². The summed E-state index contributed by atoms with van der Waals surface area (Å²) in [7, 11) is 1.79. The highest BCUT2D eigenvalue weighted by Crippen LogP contribution is 2.34. The van der Waals surface area contributed by atoms with Crippen LogP contribution in [0, 0.1) is 0 Å². The molecule has 2 bridgehead atoms. The van der Waals surface area contributed by atoms with Gasteiger partial charge in [-0.25, -0.2) is 4.98 Å². The molecule has 3 rings (SSSR count). The molecule has 3 N–H and O–H groups in total. The first-order chi connectivity index (χ1) is 10.3. The van der Waals surface area contributed by atoms with Gasteiger partial charge in [0.25, 0.3) is 0 Å². The summed E-state index contributed by atoms with van der Waals surface area (Å²) in [4.78, 5) is 12.4. The molecule has 0 aliphatic carbocycles. The molecule has 3 atom stereocenters. The Bertz CT molecular complexity index is 485. The number of aliphatic imine (C=N–C) groups is 1. The lowest BCUT2D eigenvalue weighted by molar-refractivity contribution is 0.0992. The van der Waals surface area contributed by atoms with Crippen LogP contribution in [0.4, 0.5) is 5.82 Å². The number of guanidine groups is 1. The molecule has 3 unspecified atom stereocenters. The molecule has 3 heterocycles. The number of anilines is 1. The number of nitrogens with zero attached hydrogens (tertiary/aromatic N) is 3. The zero-order valence-electron chi connectivity index (χ0n) is 12.7. The molecule has 2 aliphatic rings. The summed E-state index contributed by atoms with van der Waals surface area (Å²) in [5.41, 5.74) is 0. The van der Waals surface area contributed by atoms with Crippen LogP contribution in [0.15, 0.2) is 23.6 Å². The van der Waals surface area contributed by atoms with Crippen molar-refractivity contribution in [1.82, 2.24) is 20.6 Å². The van der Waals surface area contributed by atoms with Crippen molar-refractivity contribution in [1.29, 1.82) is 0 Å². The second-order valence-corrected chi connectivity index (χ2v) is 5.38. The smallest absolute Gasteiger partial charge is 0.191 e. The molecular formula is C14H23IN6O. The van der Waals surface area contributed by atoms with E-state index in [2.05, 4.69) is 30.9 Å². The van der Waals surface area contributed by atoms with E-state index >= 15 is 0 Å². The van der Waals surface area contributed by atoms with Gasteiger partial charge in [-0.05, 0) is 19.3 Å². The number of fused-ring (bicyclic) bond motifs is 2. The summed E-state index contributed by atoms with van der Waals surface area (Å²) in [5.74, 6) is 1.61. The van der Waals surface area contributed by atoms with Gasteiger partial charge in [0, 0.05) is 32.5 Å². The van der Waals surface area contributed by atoms with E-state index < -0.39 is 0 Å². The fourth-order valence-electron chi connectivity index (χ4n) is 2.92. The second kappa shape index (κ2) is 8.47. The SMILES string of the molecule is CN=C(NCCNc1cnccn1)NC1CC2CCC1O2.I. The molecule has 0 radical (unpaired) electrons. The van der Waals surface area contributed by atoms with E-state index in [0.717, 1.165) is 37.7 Å². The van der Waals surface area contributed by atoms with Gasteiger partial charge in [0.15, 0.2) is 5.96 Å². The van der Waals surface area contributed by atoms with Crippen LogP contribution in [-0.4, -0.2) is 54.3 Å². The number of hydrogen-bond acceptors (Lipinski definition) is 5. The lowest BCUT2D eigenvalue weighted by Gasteiger charge is -2.22. The standard InChI is InChI=1S/C14H22N6O.HI/c1-15-14(20-11-8-10-2-3-12(11)21-10)19-7-6-18-13-9-16-4-5-17-13;/h4-5,9-12H,2-3,6-8H2,1H3,(H,17,18)(H2,15,19,20);1H. The minimum absolute atomic E-state index is 0. The van der Waals surface area contributed by atoms with Gasteiger partial charge in [-0.2, -0.15) is 0 Å². The number of aromatic nitrogens is 2. The van der Waals surface area contributed by atoms with Gasteiger partial charge in [-0.3, -0.25) is 9.98 Å². The van der Waals surface area contributed by atoms with Crippen LogP contribution in [0.5, 0.6) is 0 Å². The maximum Gasteiger partial charge on any atom is 0.191 e. The highest BCUT2D eigenvalue weighted by atomic mass is 127.